The molecule has 1 heterocycles. The summed E-state index contributed by atoms with van der Waals surface area (Å²) in [6.45, 7) is 4.14. The fourth-order valence-electron chi connectivity index (χ4n) is 2.19. The number of alkyl halides is 3. The Morgan fingerprint density at radius 3 is 2.68 bits per heavy atom. The van der Waals surface area contributed by atoms with E-state index in [0.29, 0.717) is 13.0 Å². The van der Waals surface area contributed by atoms with Crippen LogP contribution in [0.1, 0.15) is 25.8 Å². The van der Waals surface area contributed by atoms with Crippen molar-refractivity contribution < 1.29 is 27.4 Å². The van der Waals surface area contributed by atoms with Gasteiger partial charge in [0.15, 0.2) is 0 Å². The highest BCUT2D eigenvalue weighted by Crippen LogP contribution is 2.37. The fraction of sp³-hybridized carbons (Fsp3) is 0.533. The lowest BCUT2D eigenvalue weighted by molar-refractivity contribution is -0.137. The van der Waals surface area contributed by atoms with Gasteiger partial charge in [-0.25, -0.2) is 0 Å². The van der Waals surface area contributed by atoms with E-state index >= 15 is 0 Å². The second-order valence-electron chi connectivity index (χ2n) is 5.42. The van der Waals surface area contributed by atoms with Crippen LogP contribution in [0.2, 0.25) is 0 Å². The summed E-state index contributed by atoms with van der Waals surface area (Å²) >= 11 is 0. The molecule has 0 unspecified atom stereocenters. The topological polar surface area (TPSA) is 47.6 Å². The molecule has 0 spiro atoms. The van der Waals surface area contributed by atoms with Crippen LogP contribution in [0, 0.1) is 5.92 Å². The predicted octanol–water partition coefficient (Wildman–Crippen LogP) is 3.47. The van der Waals surface area contributed by atoms with Crippen molar-refractivity contribution in [3.8, 4) is 5.75 Å². The molecule has 2 rings (SSSR count). The minimum atomic E-state index is -4.58. The van der Waals surface area contributed by atoms with Crippen molar-refractivity contribution >= 4 is 11.6 Å². The molecule has 1 fully saturated rings. The Labute approximate surface area is 126 Å². The summed E-state index contributed by atoms with van der Waals surface area (Å²) in [5.74, 6) is -0.752. The van der Waals surface area contributed by atoms with E-state index in [4.69, 9.17) is 9.47 Å². The number of ether oxygens (including phenoxy) is 2. The molecule has 1 aromatic rings. The van der Waals surface area contributed by atoms with Crippen LogP contribution in [0.5, 0.6) is 5.75 Å². The summed E-state index contributed by atoms with van der Waals surface area (Å²) in [7, 11) is 0. The maximum Gasteiger partial charge on any atom is 0.418 e. The van der Waals surface area contributed by atoms with Gasteiger partial charge in [0.1, 0.15) is 5.75 Å². The molecule has 1 aliphatic heterocycles. The molecule has 0 radical (unpaired) electrons. The molecule has 22 heavy (non-hydrogen) atoms. The number of rotatable bonds is 4. The predicted molar refractivity (Wildman–Crippen MR) is 74.8 cm³/mol. The van der Waals surface area contributed by atoms with Crippen molar-refractivity contribution in [2.24, 2.45) is 5.92 Å². The molecule has 1 atom stereocenters. The van der Waals surface area contributed by atoms with Crippen molar-refractivity contribution in [3.63, 3.8) is 0 Å². The van der Waals surface area contributed by atoms with E-state index in [1.807, 2.05) is 0 Å². The Hall–Kier alpha value is -1.76. The Balaban J connectivity index is 2.23. The number of anilines is 1. The Bertz CT molecular complexity index is 537. The number of hydrogen-bond donors (Lipinski definition) is 1. The van der Waals surface area contributed by atoms with Crippen molar-refractivity contribution in [2.45, 2.75) is 32.5 Å². The van der Waals surface area contributed by atoms with Gasteiger partial charge in [-0.15, -0.1) is 0 Å². The van der Waals surface area contributed by atoms with Crippen LogP contribution < -0.4 is 10.1 Å². The van der Waals surface area contributed by atoms with E-state index in [1.54, 1.807) is 13.8 Å². The summed E-state index contributed by atoms with van der Waals surface area (Å²) in [6, 6.07) is 3.53. The van der Waals surface area contributed by atoms with E-state index in [-0.39, 0.29) is 24.1 Å². The molecule has 1 aliphatic rings. The van der Waals surface area contributed by atoms with E-state index in [0.717, 1.165) is 6.07 Å². The van der Waals surface area contributed by atoms with Gasteiger partial charge < -0.3 is 14.8 Å². The SMILES string of the molecule is CC(C)Oc1ccc(NC(=O)[C@H]2CCOC2)c(C(F)(F)F)c1. The number of carbonyl (C=O) groups is 1. The van der Waals surface area contributed by atoms with Crippen LogP contribution >= 0.6 is 0 Å². The lowest BCUT2D eigenvalue weighted by atomic mass is 10.1. The van der Waals surface area contributed by atoms with E-state index in [9.17, 15) is 18.0 Å². The van der Waals surface area contributed by atoms with Gasteiger partial charge in [0.05, 0.1) is 29.9 Å². The Kier molecular flexibility index (Phi) is 4.95. The van der Waals surface area contributed by atoms with Gasteiger partial charge in [0.2, 0.25) is 5.91 Å². The lowest BCUT2D eigenvalue weighted by Gasteiger charge is -2.18. The molecular weight excluding hydrogens is 299 g/mol. The molecule has 1 amide bonds. The van der Waals surface area contributed by atoms with Crippen molar-refractivity contribution in [3.05, 3.63) is 23.8 Å². The van der Waals surface area contributed by atoms with Crippen LogP contribution in [0.4, 0.5) is 18.9 Å². The highest BCUT2D eigenvalue weighted by molar-refractivity contribution is 5.93. The van der Waals surface area contributed by atoms with Crippen LogP contribution in [0.25, 0.3) is 0 Å². The first-order valence-electron chi connectivity index (χ1n) is 7.04. The minimum absolute atomic E-state index is 0.115. The summed E-state index contributed by atoms with van der Waals surface area (Å²) in [5.41, 5.74) is -1.18. The molecule has 122 valence electrons. The third-order valence-corrected chi connectivity index (χ3v) is 3.23. The van der Waals surface area contributed by atoms with Crippen molar-refractivity contribution in [1.82, 2.24) is 0 Å². The van der Waals surface area contributed by atoms with Crippen LogP contribution in [-0.4, -0.2) is 25.2 Å². The molecule has 1 saturated heterocycles. The largest absolute Gasteiger partial charge is 0.491 e. The number of nitrogens with one attached hydrogen (secondary N) is 1. The molecule has 4 nitrogen and oxygen atoms in total. The summed E-state index contributed by atoms with van der Waals surface area (Å²) in [5, 5.41) is 2.35. The van der Waals surface area contributed by atoms with Gasteiger partial charge in [-0.3, -0.25) is 4.79 Å². The number of amides is 1. The molecule has 1 aromatic carbocycles. The first-order chi connectivity index (χ1) is 10.3. The zero-order chi connectivity index (χ0) is 16.3. The molecular formula is C15H18F3NO3. The minimum Gasteiger partial charge on any atom is -0.491 e. The summed E-state index contributed by atoms with van der Waals surface area (Å²) < 4.78 is 49.8. The number of halogens is 3. The van der Waals surface area contributed by atoms with Gasteiger partial charge in [0, 0.05) is 6.61 Å². The third kappa shape index (κ3) is 4.13. The average Bonchev–Trinajstić information content (AvgIpc) is 2.92. The second kappa shape index (κ2) is 6.56. The molecule has 0 bridgehead atoms. The van der Waals surface area contributed by atoms with E-state index < -0.39 is 23.6 Å². The fourth-order valence-corrected chi connectivity index (χ4v) is 2.19. The second-order valence-corrected chi connectivity index (χ2v) is 5.42. The number of carbonyl (C=O) groups excluding carboxylic acids is 1. The van der Waals surface area contributed by atoms with Crippen molar-refractivity contribution in [2.75, 3.05) is 18.5 Å². The maximum atomic E-state index is 13.2. The van der Waals surface area contributed by atoms with E-state index in [2.05, 4.69) is 5.32 Å². The lowest BCUT2D eigenvalue weighted by Crippen LogP contribution is -2.24. The zero-order valence-electron chi connectivity index (χ0n) is 12.4. The third-order valence-electron chi connectivity index (χ3n) is 3.23. The van der Waals surface area contributed by atoms with Gasteiger partial charge >= 0.3 is 6.18 Å². The van der Waals surface area contributed by atoms with Gasteiger partial charge in [-0.2, -0.15) is 13.2 Å². The molecule has 1 N–H and O–H groups in total. The quantitative estimate of drug-likeness (QED) is 0.925. The molecule has 7 heteroatoms. The Morgan fingerprint density at radius 2 is 2.14 bits per heavy atom. The molecule has 0 aromatic heterocycles. The van der Waals surface area contributed by atoms with Crippen molar-refractivity contribution in [1.29, 1.82) is 0 Å². The van der Waals surface area contributed by atoms with E-state index in [1.165, 1.54) is 12.1 Å². The van der Waals surface area contributed by atoms with Gasteiger partial charge in [0.25, 0.3) is 0 Å². The number of benzene rings is 1. The van der Waals surface area contributed by atoms with Gasteiger partial charge in [-0.1, -0.05) is 0 Å². The summed E-state index contributed by atoms with van der Waals surface area (Å²) in [6.07, 6.45) is -4.30. The number of hydrogen-bond acceptors (Lipinski definition) is 3. The Morgan fingerprint density at radius 1 is 1.41 bits per heavy atom. The zero-order valence-corrected chi connectivity index (χ0v) is 12.4. The molecule has 0 saturated carbocycles. The molecule has 0 aliphatic carbocycles. The van der Waals surface area contributed by atoms with Crippen LogP contribution in [0.3, 0.4) is 0 Å². The summed E-state index contributed by atoms with van der Waals surface area (Å²) in [4.78, 5) is 12.0. The normalized spacial score (nSPS) is 18.5. The maximum absolute atomic E-state index is 13.2. The first-order valence-corrected chi connectivity index (χ1v) is 7.04. The highest BCUT2D eigenvalue weighted by Gasteiger charge is 2.35. The monoisotopic (exact) mass is 317 g/mol. The average molecular weight is 317 g/mol. The van der Waals surface area contributed by atoms with Crippen LogP contribution in [-0.2, 0) is 15.7 Å². The standard InChI is InChI=1S/C15H18F3NO3/c1-9(2)22-11-3-4-13(12(7-11)15(16,17)18)19-14(20)10-5-6-21-8-10/h3-4,7,9-10H,5-6,8H2,1-2H3,(H,19,20)/t10-/m0/s1. The van der Waals surface area contributed by atoms with Crippen LogP contribution in [0.15, 0.2) is 18.2 Å². The first kappa shape index (κ1) is 16.6. The van der Waals surface area contributed by atoms with Gasteiger partial charge in [-0.05, 0) is 38.5 Å². The highest BCUT2D eigenvalue weighted by atomic mass is 19.4. The smallest absolute Gasteiger partial charge is 0.418 e.